The Morgan fingerprint density at radius 2 is 2.29 bits per heavy atom. The molecule has 5 heteroatoms. The maximum atomic E-state index is 6.13. The average molecular weight is 363 g/mol. The molecule has 0 aromatic carbocycles. The summed E-state index contributed by atoms with van der Waals surface area (Å²) in [5, 5.41) is 0. The van der Waals surface area contributed by atoms with Crippen LogP contribution in [0.1, 0.15) is 19.8 Å². The van der Waals surface area contributed by atoms with E-state index in [2.05, 4.69) is 48.7 Å². The Balaban J connectivity index is 2.17. The van der Waals surface area contributed by atoms with E-state index in [1.54, 1.807) is 0 Å². The third kappa shape index (κ3) is 3.01. The average Bonchev–Trinajstić information content (AvgIpc) is 2.30. The number of piperidine rings is 1. The standard InChI is InChI=1S/C12H17Br2N3/c1-2-8-7-17(4-3-11(8)15)12-10(14)5-9(13)6-16-12/h5-6,8,11H,2-4,7,15H2,1H3. The molecular formula is C12H17Br2N3. The van der Waals surface area contributed by atoms with Crippen LogP contribution in [0.3, 0.4) is 0 Å². The first-order valence-electron chi connectivity index (χ1n) is 5.93. The van der Waals surface area contributed by atoms with Gasteiger partial charge in [-0.3, -0.25) is 0 Å². The normalized spacial score (nSPS) is 25.1. The van der Waals surface area contributed by atoms with Gasteiger partial charge in [-0.25, -0.2) is 4.98 Å². The van der Waals surface area contributed by atoms with Crippen LogP contribution >= 0.6 is 31.9 Å². The van der Waals surface area contributed by atoms with Crippen molar-refractivity contribution in [3.8, 4) is 0 Å². The maximum Gasteiger partial charge on any atom is 0.142 e. The van der Waals surface area contributed by atoms with E-state index in [9.17, 15) is 0 Å². The Hall–Kier alpha value is -0.130. The minimum atomic E-state index is 0.338. The largest absolute Gasteiger partial charge is 0.355 e. The summed E-state index contributed by atoms with van der Waals surface area (Å²) in [5.41, 5.74) is 6.13. The van der Waals surface area contributed by atoms with E-state index in [4.69, 9.17) is 5.73 Å². The Bertz CT molecular complexity index is 397. The molecule has 0 saturated carbocycles. The predicted octanol–water partition coefficient (Wildman–Crippen LogP) is 3.17. The number of nitrogens with two attached hydrogens (primary N) is 1. The fourth-order valence-electron chi connectivity index (χ4n) is 2.31. The zero-order valence-corrected chi connectivity index (χ0v) is 13.0. The summed E-state index contributed by atoms with van der Waals surface area (Å²) >= 11 is 7.00. The smallest absolute Gasteiger partial charge is 0.142 e. The summed E-state index contributed by atoms with van der Waals surface area (Å²) in [6, 6.07) is 2.38. The number of nitrogens with zero attached hydrogens (tertiary/aromatic N) is 2. The first-order chi connectivity index (χ1) is 8.11. The van der Waals surface area contributed by atoms with Gasteiger partial charge in [0.15, 0.2) is 0 Å². The quantitative estimate of drug-likeness (QED) is 0.878. The van der Waals surface area contributed by atoms with Crippen molar-refractivity contribution >= 4 is 37.7 Å². The van der Waals surface area contributed by atoms with Gasteiger partial charge in [0, 0.05) is 29.8 Å². The lowest BCUT2D eigenvalue weighted by Crippen LogP contribution is -2.47. The molecule has 2 unspecified atom stereocenters. The lowest BCUT2D eigenvalue weighted by molar-refractivity contribution is 0.346. The molecule has 17 heavy (non-hydrogen) atoms. The van der Waals surface area contributed by atoms with Crippen molar-refractivity contribution in [3.05, 3.63) is 21.2 Å². The SMILES string of the molecule is CCC1CN(c2ncc(Br)cc2Br)CCC1N. The van der Waals surface area contributed by atoms with Crippen LogP contribution in [-0.2, 0) is 0 Å². The number of hydrogen-bond donors (Lipinski definition) is 1. The minimum absolute atomic E-state index is 0.338. The molecule has 2 N–H and O–H groups in total. The zero-order chi connectivity index (χ0) is 12.4. The molecule has 1 saturated heterocycles. The van der Waals surface area contributed by atoms with Crippen LogP contribution in [-0.4, -0.2) is 24.1 Å². The van der Waals surface area contributed by atoms with E-state index in [1.807, 2.05) is 12.3 Å². The van der Waals surface area contributed by atoms with E-state index in [1.165, 1.54) is 0 Å². The number of hydrogen-bond acceptors (Lipinski definition) is 3. The second kappa shape index (κ2) is 5.67. The Kier molecular flexibility index (Phi) is 4.44. The van der Waals surface area contributed by atoms with Crippen LogP contribution in [0.25, 0.3) is 0 Å². The summed E-state index contributed by atoms with van der Waals surface area (Å²) < 4.78 is 2.03. The first-order valence-corrected chi connectivity index (χ1v) is 7.52. The van der Waals surface area contributed by atoms with Crippen molar-refractivity contribution in [1.29, 1.82) is 0 Å². The predicted molar refractivity (Wildman–Crippen MR) is 78.2 cm³/mol. The first kappa shape index (κ1) is 13.3. The van der Waals surface area contributed by atoms with E-state index in [-0.39, 0.29) is 0 Å². The molecule has 0 radical (unpaired) electrons. The van der Waals surface area contributed by atoms with Gasteiger partial charge in [-0.1, -0.05) is 13.3 Å². The topological polar surface area (TPSA) is 42.2 Å². The molecular weight excluding hydrogens is 346 g/mol. The van der Waals surface area contributed by atoms with Crippen molar-refractivity contribution < 1.29 is 0 Å². The third-order valence-electron chi connectivity index (χ3n) is 3.41. The highest BCUT2D eigenvalue weighted by molar-refractivity contribution is 9.11. The van der Waals surface area contributed by atoms with E-state index in [0.717, 1.165) is 40.7 Å². The summed E-state index contributed by atoms with van der Waals surface area (Å²) in [5.74, 6) is 1.60. The second-order valence-electron chi connectivity index (χ2n) is 4.53. The molecule has 0 bridgehead atoms. The maximum absolute atomic E-state index is 6.13. The molecule has 0 spiro atoms. The number of aromatic nitrogens is 1. The van der Waals surface area contributed by atoms with Gasteiger partial charge in [0.1, 0.15) is 5.82 Å². The molecule has 2 heterocycles. The molecule has 94 valence electrons. The zero-order valence-electron chi connectivity index (χ0n) is 9.87. The van der Waals surface area contributed by atoms with Crippen molar-refractivity contribution in [3.63, 3.8) is 0 Å². The summed E-state index contributed by atoms with van der Waals surface area (Å²) in [7, 11) is 0. The second-order valence-corrected chi connectivity index (χ2v) is 6.30. The van der Waals surface area contributed by atoms with Gasteiger partial charge in [0.25, 0.3) is 0 Å². The molecule has 1 aromatic heterocycles. The Morgan fingerprint density at radius 1 is 1.53 bits per heavy atom. The molecule has 2 atom stereocenters. The Labute approximate surface area is 119 Å². The molecule has 3 nitrogen and oxygen atoms in total. The summed E-state index contributed by atoms with van der Waals surface area (Å²) in [4.78, 5) is 6.81. The molecule has 2 rings (SSSR count). The highest BCUT2D eigenvalue weighted by atomic mass is 79.9. The van der Waals surface area contributed by atoms with Gasteiger partial charge in [0.2, 0.25) is 0 Å². The van der Waals surface area contributed by atoms with Crippen LogP contribution < -0.4 is 10.6 Å². The van der Waals surface area contributed by atoms with Crippen LogP contribution in [0.4, 0.5) is 5.82 Å². The minimum Gasteiger partial charge on any atom is -0.355 e. The van der Waals surface area contributed by atoms with Crippen LogP contribution in [0, 0.1) is 5.92 Å². The number of halogens is 2. The monoisotopic (exact) mass is 361 g/mol. The summed E-state index contributed by atoms with van der Waals surface area (Å²) in [6.07, 6.45) is 4.02. The van der Waals surface area contributed by atoms with Gasteiger partial charge < -0.3 is 10.6 Å². The van der Waals surface area contributed by atoms with Gasteiger partial charge >= 0.3 is 0 Å². The lowest BCUT2D eigenvalue weighted by atomic mass is 9.91. The van der Waals surface area contributed by atoms with Crippen LogP contribution in [0.2, 0.25) is 0 Å². The van der Waals surface area contributed by atoms with Gasteiger partial charge in [-0.05, 0) is 50.3 Å². The van der Waals surface area contributed by atoms with Crippen molar-refractivity contribution in [2.45, 2.75) is 25.8 Å². The van der Waals surface area contributed by atoms with Crippen molar-refractivity contribution in [1.82, 2.24) is 4.98 Å². The van der Waals surface area contributed by atoms with E-state index >= 15 is 0 Å². The molecule has 1 aromatic rings. The lowest BCUT2D eigenvalue weighted by Gasteiger charge is -2.37. The molecule has 1 aliphatic rings. The number of rotatable bonds is 2. The van der Waals surface area contributed by atoms with Crippen molar-refractivity contribution in [2.24, 2.45) is 11.7 Å². The fraction of sp³-hybridized carbons (Fsp3) is 0.583. The van der Waals surface area contributed by atoms with Gasteiger partial charge in [-0.15, -0.1) is 0 Å². The number of anilines is 1. The highest BCUT2D eigenvalue weighted by Gasteiger charge is 2.26. The van der Waals surface area contributed by atoms with Crippen LogP contribution in [0.5, 0.6) is 0 Å². The molecule has 0 aliphatic carbocycles. The Morgan fingerprint density at radius 3 is 2.94 bits per heavy atom. The molecule has 1 aliphatic heterocycles. The highest BCUT2D eigenvalue weighted by Crippen LogP contribution is 2.30. The van der Waals surface area contributed by atoms with Gasteiger partial charge in [-0.2, -0.15) is 0 Å². The third-order valence-corrected chi connectivity index (χ3v) is 4.42. The molecule has 0 amide bonds. The summed E-state index contributed by atoms with van der Waals surface area (Å²) in [6.45, 7) is 4.20. The van der Waals surface area contributed by atoms with Crippen LogP contribution in [0.15, 0.2) is 21.2 Å². The van der Waals surface area contributed by atoms with Crippen molar-refractivity contribution in [2.75, 3.05) is 18.0 Å². The fourth-order valence-corrected chi connectivity index (χ4v) is 3.55. The number of pyridine rings is 1. The van der Waals surface area contributed by atoms with Gasteiger partial charge in [0.05, 0.1) is 4.47 Å². The van der Waals surface area contributed by atoms with E-state index < -0.39 is 0 Å². The van der Waals surface area contributed by atoms with E-state index in [0.29, 0.717) is 12.0 Å². The molecule has 1 fully saturated rings.